The van der Waals surface area contributed by atoms with Crippen LogP contribution in [0.5, 0.6) is 0 Å². The van der Waals surface area contributed by atoms with Crippen molar-refractivity contribution in [3.8, 4) is 0 Å². The van der Waals surface area contributed by atoms with Crippen LogP contribution in [0.3, 0.4) is 0 Å². The minimum absolute atomic E-state index is 0.0134. The number of rotatable bonds is 64. The first-order valence-corrected chi connectivity index (χ1v) is 34.1. The molecule has 0 saturated heterocycles. The van der Waals surface area contributed by atoms with E-state index in [1.54, 1.807) is 6.08 Å². The summed E-state index contributed by atoms with van der Waals surface area (Å²) in [6, 6.07) is -0.623. The van der Waals surface area contributed by atoms with Crippen molar-refractivity contribution in [3.05, 3.63) is 24.3 Å². The molecular formula is C69H133NO5. The van der Waals surface area contributed by atoms with E-state index in [1.165, 1.54) is 308 Å². The zero-order chi connectivity index (χ0) is 54.3. The number of esters is 1. The number of aliphatic hydroxyl groups is 2. The number of unbranched alkanes of at least 4 members (excludes halogenated alkanes) is 51. The fourth-order valence-corrected chi connectivity index (χ4v) is 10.7. The molecule has 0 radical (unpaired) electrons. The standard InChI is InChI=1S/C69H133NO5/c1-3-5-7-9-11-13-15-16-17-36-39-43-47-51-55-59-63-69(74)75-64-60-56-52-48-44-40-37-34-32-30-28-26-24-22-20-18-19-21-23-25-27-29-31-33-35-38-42-46-50-54-58-62-68(73)70-66(65-71)67(72)61-57-53-49-45-41-14-12-10-8-6-4-2/h17,36,57,61,66-67,71-72H,3-16,18-35,37-56,58-60,62-65H2,1-2H3,(H,70,73)/b36-17-,61-57+. The number of hydrogen-bond donors (Lipinski definition) is 3. The Bertz CT molecular complexity index is 1170. The van der Waals surface area contributed by atoms with Crippen LogP contribution in [0.4, 0.5) is 0 Å². The van der Waals surface area contributed by atoms with E-state index in [2.05, 4.69) is 31.3 Å². The van der Waals surface area contributed by atoms with Gasteiger partial charge in [0, 0.05) is 12.8 Å². The first-order chi connectivity index (χ1) is 37.0. The van der Waals surface area contributed by atoms with Crippen molar-refractivity contribution in [1.82, 2.24) is 5.32 Å². The van der Waals surface area contributed by atoms with Crippen LogP contribution in [-0.2, 0) is 14.3 Å². The highest BCUT2D eigenvalue weighted by molar-refractivity contribution is 5.76. The van der Waals surface area contributed by atoms with Crippen LogP contribution >= 0.6 is 0 Å². The zero-order valence-corrected chi connectivity index (χ0v) is 50.8. The maximum Gasteiger partial charge on any atom is 0.305 e. The number of carbonyl (C=O) groups excluding carboxylic acids is 2. The van der Waals surface area contributed by atoms with Gasteiger partial charge in [-0.1, -0.05) is 334 Å². The van der Waals surface area contributed by atoms with E-state index < -0.39 is 12.1 Å². The molecule has 0 aliphatic rings. The largest absolute Gasteiger partial charge is 0.466 e. The van der Waals surface area contributed by atoms with Gasteiger partial charge >= 0.3 is 5.97 Å². The van der Waals surface area contributed by atoms with Crippen LogP contribution in [0, 0.1) is 0 Å². The molecule has 0 aliphatic heterocycles. The van der Waals surface area contributed by atoms with Gasteiger partial charge in [-0.3, -0.25) is 9.59 Å². The van der Waals surface area contributed by atoms with E-state index in [9.17, 15) is 19.8 Å². The third-order valence-corrected chi connectivity index (χ3v) is 16.0. The van der Waals surface area contributed by atoms with E-state index in [4.69, 9.17) is 4.74 Å². The average Bonchev–Trinajstić information content (AvgIpc) is 3.41. The summed E-state index contributed by atoms with van der Waals surface area (Å²) in [5.74, 6) is -0.0501. The smallest absolute Gasteiger partial charge is 0.305 e. The van der Waals surface area contributed by atoms with E-state index in [0.717, 1.165) is 44.9 Å². The maximum atomic E-state index is 12.4. The molecule has 0 fully saturated rings. The summed E-state index contributed by atoms with van der Waals surface area (Å²) < 4.78 is 5.50. The Morgan fingerprint density at radius 2 is 0.627 bits per heavy atom. The monoisotopic (exact) mass is 1060 g/mol. The number of nitrogens with one attached hydrogen (secondary N) is 1. The van der Waals surface area contributed by atoms with Gasteiger partial charge in [-0.2, -0.15) is 0 Å². The maximum absolute atomic E-state index is 12.4. The molecule has 0 bridgehead atoms. The fraction of sp³-hybridized carbons (Fsp3) is 0.913. The van der Waals surface area contributed by atoms with Crippen LogP contribution in [-0.4, -0.2) is 47.4 Å². The van der Waals surface area contributed by atoms with Crippen LogP contribution < -0.4 is 5.32 Å². The van der Waals surface area contributed by atoms with Gasteiger partial charge in [-0.25, -0.2) is 0 Å². The van der Waals surface area contributed by atoms with Crippen LogP contribution in [0.25, 0.3) is 0 Å². The van der Waals surface area contributed by atoms with Gasteiger partial charge in [0.1, 0.15) is 0 Å². The van der Waals surface area contributed by atoms with Crippen molar-refractivity contribution in [3.63, 3.8) is 0 Å². The van der Waals surface area contributed by atoms with Crippen molar-refractivity contribution in [1.29, 1.82) is 0 Å². The van der Waals surface area contributed by atoms with Crippen LogP contribution in [0.15, 0.2) is 24.3 Å². The van der Waals surface area contributed by atoms with Crippen molar-refractivity contribution in [2.24, 2.45) is 0 Å². The summed E-state index contributed by atoms with van der Waals surface area (Å²) in [5, 5.41) is 23.0. The van der Waals surface area contributed by atoms with Gasteiger partial charge in [0.05, 0.1) is 25.4 Å². The summed E-state index contributed by atoms with van der Waals surface area (Å²) in [7, 11) is 0. The number of ether oxygens (including phenoxy) is 1. The highest BCUT2D eigenvalue weighted by Crippen LogP contribution is 2.18. The Morgan fingerprint density at radius 1 is 0.360 bits per heavy atom. The minimum Gasteiger partial charge on any atom is -0.466 e. The molecule has 0 aliphatic carbocycles. The van der Waals surface area contributed by atoms with Gasteiger partial charge < -0.3 is 20.3 Å². The zero-order valence-electron chi connectivity index (χ0n) is 50.8. The predicted octanol–water partition coefficient (Wildman–Crippen LogP) is 21.8. The van der Waals surface area contributed by atoms with Crippen LogP contribution in [0.1, 0.15) is 380 Å². The summed E-state index contributed by atoms with van der Waals surface area (Å²) in [4.78, 5) is 24.5. The summed E-state index contributed by atoms with van der Waals surface area (Å²) >= 11 is 0. The number of aliphatic hydroxyl groups excluding tert-OH is 2. The van der Waals surface area contributed by atoms with Crippen molar-refractivity contribution in [2.45, 2.75) is 392 Å². The van der Waals surface area contributed by atoms with E-state index >= 15 is 0 Å². The van der Waals surface area contributed by atoms with Gasteiger partial charge in [-0.15, -0.1) is 0 Å². The molecule has 0 spiro atoms. The Morgan fingerprint density at radius 3 is 0.947 bits per heavy atom. The Kier molecular flexibility index (Phi) is 63.4. The second-order valence-corrected chi connectivity index (χ2v) is 23.5. The average molecular weight is 1060 g/mol. The van der Waals surface area contributed by atoms with Crippen LogP contribution in [0.2, 0.25) is 0 Å². The molecule has 0 saturated carbocycles. The van der Waals surface area contributed by atoms with Crippen molar-refractivity contribution in [2.75, 3.05) is 13.2 Å². The Labute approximate surface area is 469 Å². The molecule has 6 heteroatoms. The summed E-state index contributed by atoms with van der Waals surface area (Å²) in [6.07, 6.45) is 81.2. The molecular weight excluding hydrogens is 923 g/mol. The third-order valence-electron chi connectivity index (χ3n) is 16.0. The van der Waals surface area contributed by atoms with Gasteiger partial charge in [0.15, 0.2) is 0 Å². The quantitative estimate of drug-likeness (QED) is 0.0320. The molecule has 0 rings (SSSR count). The number of hydrogen-bond acceptors (Lipinski definition) is 5. The highest BCUT2D eigenvalue weighted by atomic mass is 16.5. The topological polar surface area (TPSA) is 95.9 Å². The predicted molar refractivity (Wildman–Crippen MR) is 329 cm³/mol. The van der Waals surface area contributed by atoms with Gasteiger partial charge in [0.2, 0.25) is 5.91 Å². The van der Waals surface area contributed by atoms with Gasteiger partial charge in [0.25, 0.3) is 0 Å². The molecule has 75 heavy (non-hydrogen) atoms. The Balaban J connectivity index is 3.31. The SMILES string of the molecule is CCCCCCCCC/C=C\CCCCCCCC(=O)OCCCCCCCCCCCCCCCCCCCCCCCCCCCCCCCCCC(=O)NC(CO)C(O)/C=C/CCCCCCCCCCC. The fourth-order valence-electron chi connectivity index (χ4n) is 10.7. The molecule has 2 unspecified atom stereocenters. The van der Waals surface area contributed by atoms with Gasteiger partial charge in [-0.05, 0) is 57.8 Å². The normalized spacial score (nSPS) is 12.6. The number of allylic oxidation sites excluding steroid dienone is 3. The molecule has 0 aromatic carbocycles. The highest BCUT2D eigenvalue weighted by Gasteiger charge is 2.18. The molecule has 3 N–H and O–H groups in total. The van der Waals surface area contributed by atoms with E-state index in [-0.39, 0.29) is 18.5 Å². The Hall–Kier alpha value is -1.66. The lowest BCUT2D eigenvalue weighted by Crippen LogP contribution is -2.45. The van der Waals surface area contributed by atoms with Crippen molar-refractivity contribution >= 4 is 11.9 Å². The molecule has 0 aromatic rings. The molecule has 6 nitrogen and oxygen atoms in total. The summed E-state index contributed by atoms with van der Waals surface area (Å²) in [6.45, 7) is 4.91. The third kappa shape index (κ3) is 61.4. The van der Waals surface area contributed by atoms with E-state index in [1.807, 2.05) is 6.08 Å². The first-order valence-electron chi connectivity index (χ1n) is 34.1. The van der Waals surface area contributed by atoms with Crippen molar-refractivity contribution < 1.29 is 24.5 Å². The second-order valence-electron chi connectivity index (χ2n) is 23.5. The molecule has 0 heterocycles. The number of carbonyl (C=O) groups is 2. The lowest BCUT2D eigenvalue weighted by Gasteiger charge is -2.20. The lowest BCUT2D eigenvalue weighted by atomic mass is 10.0. The molecule has 444 valence electrons. The second kappa shape index (κ2) is 64.9. The molecule has 0 aromatic heterocycles. The minimum atomic E-state index is -0.839. The molecule has 1 amide bonds. The number of amides is 1. The first kappa shape index (κ1) is 73.3. The molecule has 2 atom stereocenters. The van der Waals surface area contributed by atoms with E-state index in [0.29, 0.717) is 19.4 Å². The summed E-state index contributed by atoms with van der Waals surface area (Å²) in [5.41, 5.74) is 0. The lowest BCUT2D eigenvalue weighted by molar-refractivity contribution is -0.143.